The van der Waals surface area contributed by atoms with E-state index in [0.717, 1.165) is 5.56 Å². The molecule has 0 saturated carbocycles. The predicted molar refractivity (Wildman–Crippen MR) is 99.3 cm³/mol. The van der Waals surface area contributed by atoms with Crippen molar-refractivity contribution in [3.63, 3.8) is 0 Å². The van der Waals surface area contributed by atoms with Crippen molar-refractivity contribution in [1.82, 2.24) is 9.62 Å². The molecule has 0 bridgehead atoms. The van der Waals surface area contributed by atoms with E-state index in [2.05, 4.69) is 5.32 Å². The van der Waals surface area contributed by atoms with Crippen LogP contribution in [-0.4, -0.2) is 63.0 Å². The van der Waals surface area contributed by atoms with Crippen molar-refractivity contribution < 1.29 is 27.4 Å². The van der Waals surface area contributed by atoms with E-state index >= 15 is 0 Å². The Kier molecular flexibility index (Phi) is 6.23. The first kappa shape index (κ1) is 19.9. The average Bonchev–Trinajstić information content (AvgIpc) is 3.06. The van der Waals surface area contributed by atoms with E-state index in [0.29, 0.717) is 31.0 Å². The van der Waals surface area contributed by atoms with Gasteiger partial charge in [-0.15, -0.1) is 0 Å². The van der Waals surface area contributed by atoms with Crippen molar-refractivity contribution in [2.75, 3.05) is 32.2 Å². The Balaban J connectivity index is 1.41. The van der Waals surface area contributed by atoms with Gasteiger partial charge in [0.2, 0.25) is 22.7 Å². The van der Waals surface area contributed by atoms with Crippen LogP contribution in [0.4, 0.5) is 0 Å². The number of ether oxygens (including phenoxy) is 3. The molecule has 0 unspecified atom stereocenters. The van der Waals surface area contributed by atoms with Crippen LogP contribution in [0.15, 0.2) is 18.2 Å². The van der Waals surface area contributed by atoms with Gasteiger partial charge >= 0.3 is 0 Å². The van der Waals surface area contributed by atoms with Crippen LogP contribution in [0.2, 0.25) is 0 Å². The van der Waals surface area contributed by atoms with E-state index in [1.54, 1.807) is 0 Å². The largest absolute Gasteiger partial charge is 0.454 e. The molecule has 1 N–H and O–H groups in total. The minimum absolute atomic E-state index is 0.0996. The van der Waals surface area contributed by atoms with Gasteiger partial charge in [-0.05, 0) is 38.0 Å². The summed E-state index contributed by atoms with van der Waals surface area (Å²) in [6.45, 7) is 4.73. The zero-order valence-electron chi connectivity index (χ0n) is 15.6. The summed E-state index contributed by atoms with van der Waals surface area (Å²) in [6, 6.07) is 5.58. The van der Waals surface area contributed by atoms with Gasteiger partial charge < -0.3 is 19.5 Å². The van der Waals surface area contributed by atoms with Crippen molar-refractivity contribution in [3.05, 3.63) is 23.8 Å². The number of sulfonamides is 1. The van der Waals surface area contributed by atoms with Crippen molar-refractivity contribution in [2.45, 2.75) is 38.9 Å². The number of nitrogens with one attached hydrogen (secondary N) is 1. The number of aryl methyl sites for hydroxylation is 1. The minimum Gasteiger partial charge on any atom is -0.454 e. The Morgan fingerprint density at radius 2 is 1.89 bits per heavy atom. The van der Waals surface area contributed by atoms with Gasteiger partial charge in [0.25, 0.3) is 0 Å². The van der Waals surface area contributed by atoms with Gasteiger partial charge in [0, 0.05) is 26.1 Å². The first-order valence-corrected chi connectivity index (χ1v) is 10.7. The number of benzene rings is 1. The summed E-state index contributed by atoms with van der Waals surface area (Å²) in [6.07, 6.45) is 0.582. The van der Waals surface area contributed by atoms with E-state index in [1.165, 1.54) is 4.31 Å². The normalized spacial score (nSPS) is 22.6. The smallest absolute Gasteiger partial charge is 0.231 e. The molecule has 2 heterocycles. The number of fused-ring (bicyclic) bond motifs is 1. The average molecular weight is 398 g/mol. The molecule has 9 heteroatoms. The van der Waals surface area contributed by atoms with Crippen LogP contribution in [0.1, 0.15) is 25.8 Å². The third kappa shape index (κ3) is 5.33. The zero-order chi connectivity index (χ0) is 19.4. The van der Waals surface area contributed by atoms with E-state index in [9.17, 15) is 13.2 Å². The summed E-state index contributed by atoms with van der Waals surface area (Å²) in [4.78, 5) is 12.0. The Morgan fingerprint density at radius 3 is 2.63 bits per heavy atom. The molecule has 3 rings (SSSR count). The summed E-state index contributed by atoms with van der Waals surface area (Å²) >= 11 is 0. The molecule has 8 nitrogen and oxygen atoms in total. The molecule has 1 amide bonds. The molecule has 1 saturated heterocycles. The first-order valence-electron chi connectivity index (χ1n) is 9.12. The number of carbonyl (C=O) groups excluding carboxylic acids is 1. The molecule has 150 valence electrons. The highest BCUT2D eigenvalue weighted by Gasteiger charge is 2.30. The highest BCUT2D eigenvalue weighted by Crippen LogP contribution is 2.32. The second kappa shape index (κ2) is 8.45. The van der Waals surface area contributed by atoms with Crippen molar-refractivity contribution in [2.24, 2.45) is 0 Å². The second-order valence-electron chi connectivity index (χ2n) is 6.93. The molecule has 1 fully saturated rings. The lowest BCUT2D eigenvalue weighted by Crippen LogP contribution is -2.49. The lowest BCUT2D eigenvalue weighted by atomic mass is 10.1. The number of rotatable bonds is 7. The highest BCUT2D eigenvalue weighted by molar-refractivity contribution is 7.89. The number of nitrogens with zero attached hydrogens (tertiary/aromatic N) is 1. The van der Waals surface area contributed by atoms with E-state index < -0.39 is 10.0 Å². The number of amides is 1. The molecular weight excluding hydrogens is 372 g/mol. The molecule has 2 aliphatic rings. The molecule has 0 aliphatic carbocycles. The first-order chi connectivity index (χ1) is 12.8. The van der Waals surface area contributed by atoms with Gasteiger partial charge in [0.1, 0.15) is 0 Å². The summed E-state index contributed by atoms with van der Waals surface area (Å²) in [7, 11) is -3.41. The third-order valence-electron chi connectivity index (χ3n) is 4.54. The van der Waals surface area contributed by atoms with Crippen LogP contribution in [0, 0.1) is 0 Å². The van der Waals surface area contributed by atoms with Crippen LogP contribution in [0.3, 0.4) is 0 Å². The molecule has 2 atom stereocenters. The minimum atomic E-state index is -3.41. The fourth-order valence-electron chi connectivity index (χ4n) is 3.25. The lowest BCUT2D eigenvalue weighted by Gasteiger charge is -2.34. The predicted octanol–water partition coefficient (Wildman–Crippen LogP) is 0.903. The summed E-state index contributed by atoms with van der Waals surface area (Å²) in [5.41, 5.74) is 0.971. The molecule has 2 aliphatic heterocycles. The maximum absolute atomic E-state index is 12.4. The van der Waals surface area contributed by atoms with Crippen LogP contribution >= 0.6 is 0 Å². The summed E-state index contributed by atoms with van der Waals surface area (Å²) in [5.74, 6) is 1.11. The zero-order valence-corrected chi connectivity index (χ0v) is 16.5. The molecular formula is C18H26N2O6S. The molecule has 27 heavy (non-hydrogen) atoms. The van der Waals surface area contributed by atoms with Gasteiger partial charge in [-0.3, -0.25) is 4.79 Å². The van der Waals surface area contributed by atoms with E-state index in [1.807, 2.05) is 32.0 Å². The van der Waals surface area contributed by atoms with Crippen LogP contribution in [-0.2, 0) is 26.0 Å². The Labute approximate surface area is 159 Å². The molecule has 0 spiro atoms. The SMILES string of the molecule is C[C@H]1CN(S(=O)(=O)CCNC(=O)CCc2ccc3c(c2)OCO3)C[C@H](C)O1. The second-order valence-corrected chi connectivity index (χ2v) is 9.02. The van der Waals surface area contributed by atoms with E-state index in [-0.39, 0.29) is 43.6 Å². The van der Waals surface area contributed by atoms with E-state index in [4.69, 9.17) is 14.2 Å². The molecule has 0 radical (unpaired) electrons. The summed E-state index contributed by atoms with van der Waals surface area (Å²) in [5, 5.41) is 2.69. The van der Waals surface area contributed by atoms with Crippen molar-refractivity contribution >= 4 is 15.9 Å². The Bertz CT molecular complexity index is 772. The maximum Gasteiger partial charge on any atom is 0.231 e. The van der Waals surface area contributed by atoms with Crippen LogP contribution < -0.4 is 14.8 Å². The molecule has 1 aromatic carbocycles. The Hall–Kier alpha value is -1.84. The lowest BCUT2D eigenvalue weighted by molar-refractivity contribution is -0.120. The van der Waals surface area contributed by atoms with Crippen molar-refractivity contribution in [1.29, 1.82) is 0 Å². The fraction of sp³-hybridized carbons (Fsp3) is 0.611. The number of hydrogen-bond acceptors (Lipinski definition) is 6. The highest BCUT2D eigenvalue weighted by atomic mass is 32.2. The van der Waals surface area contributed by atoms with Crippen LogP contribution in [0.5, 0.6) is 11.5 Å². The standard InChI is InChI=1S/C18H26N2O6S/c1-13-10-20(11-14(2)26-13)27(22,23)8-7-19-18(21)6-4-15-3-5-16-17(9-15)25-12-24-16/h3,5,9,13-14H,4,6-8,10-12H2,1-2H3,(H,19,21)/t13-,14-/m0/s1. The number of morpholine rings is 1. The maximum atomic E-state index is 12.4. The molecule has 1 aromatic rings. The summed E-state index contributed by atoms with van der Waals surface area (Å²) < 4.78 is 42.5. The van der Waals surface area contributed by atoms with Gasteiger partial charge in [-0.25, -0.2) is 8.42 Å². The van der Waals surface area contributed by atoms with Gasteiger partial charge in [0.15, 0.2) is 11.5 Å². The van der Waals surface area contributed by atoms with Crippen molar-refractivity contribution in [3.8, 4) is 11.5 Å². The quantitative estimate of drug-likeness (QED) is 0.734. The number of hydrogen-bond donors (Lipinski definition) is 1. The van der Waals surface area contributed by atoms with Crippen LogP contribution in [0.25, 0.3) is 0 Å². The van der Waals surface area contributed by atoms with Gasteiger partial charge in [-0.2, -0.15) is 4.31 Å². The molecule has 0 aromatic heterocycles. The topological polar surface area (TPSA) is 94.2 Å². The monoisotopic (exact) mass is 398 g/mol. The fourth-order valence-corrected chi connectivity index (χ4v) is 4.74. The van der Waals surface area contributed by atoms with Gasteiger partial charge in [0.05, 0.1) is 18.0 Å². The third-order valence-corrected chi connectivity index (χ3v) is 6.34. The number of carbonyl (C=O) groups is 1. The Morgan fingerprint density at radius 1 is 1.19 bits per heavy atom. The van der Waals surface area contributed by atoms with Gasteiger partial charge in [-0.1, -0.05) is 6.07 Å².